The summed E-state index contributed by atoms with van der Waals surface area (Å²) in [5.74, 6) is -0.557. The molecule has 1 fully saturated rings. The van der Waals surface area contributed by atoms with Gasteiger partial charge >= 0.3 is 6.18 Å². The first-order valence-corrected chi connectivity index (χ1v) is 11.6. The molecule has 0 aliphatic heterocycles. The third-order valence-corrected chi connectivity index (χ3v) is 7.08. The number of carbonyl (C=O) groups is 1. The number of primary amides is 1. The van der Waals surface area contributed by atoms with Crippen LogP contribution in [0.1, 0.15) is 48.1 Å². The molecular formula is C23H24F3N5O2S. The van der Waals surface area contributed by atoms with Crippen LogP contribution >= 0.6 is 11.3 Å². The Labute approximate surface area is 198 Å². The molecule has 11 heteroatoms. The second kappa shape index (κ2) is 9.67. The van der Waals surface area contributed by atoms with Gasteiger partial charge in [0.1, 0.15) is 16.8 Å². The molecule has 34 heavy (non-hydrogen) atoms. The van der Waals surface area contributed by atoms with Crippen LogP contribution in [0.25, 0.3) is 10.4 Å². The molecule has 0 spiro atoms. The Morgan fingerprint density at radius 1 is 1.21 bits per heavy atom. The molecule has 7 nitrogen and oxygen atoms in total. The molecular weight excluding hydrogens is 467 g/mol. The number of nitrogens with one attached hydrogen (secondary N) is 1. The highest BCUT2D eigenvalue weighted by molar-refractivity contribution is 7.15. The van der Waals surface area contributed by atoms with Crippen LogP contribution in [0.2, 0.25) is 0 Å². The lowest BCUT2D eigenvalue weighted by Crippen LogP contribution is -2.29. The summed E-state index contributed by atoms with van der Waals surface area (Å²) >= 11 is 1.36. The van der Waals surface area contributed by atoms with Crippen molar-refractivity contribution in [3.63, 3.8) is 0 Å². The molecule has 180 valence electrons. The average molecular weight is 492 g/mol. The zero-order chi connectivity index (χ0) is 24.5. The van der Waals surface area contributed by atoms with Crippen molar-refractivity contribution in [2.24, 2.45) is 17.6 Å². The van der Waals surface area contributed by atoms with E-state index in [0.29, 0.717) is 36.4 Å². The highest BCUT2D eigenvalue weighted by Gasteiger charge is 2.33. The first kappa shape index (κ1) is 24.1. The topological polar surface area (TPSA) is 114 Å². The SMILES string of the molecule is Cc1cc(Nc2nccc(C(F)(F)F)n2)cc(-c2cnc(C(O)[C@H]3CC[C@@H](C(N)=O)CC3)s2)c1. The average Bonchev–Trinajstić information content (AvgIpc) is 3.28. The van der Waals surface area contributed by atoms with Gasteiger partial charge in [0.2, 0.25) is 11.9 Å². The molecule has 3 aromatic rings. The molecule has 2 aromatic heterocycles. The largest absolute Gasteiger partial charge is 0.433 e. The van der Waals surface area contributed by atoms with Crippen LogP contribution in [0.15, 0.2) is 36.7 Å². The maximum atomic E-state index is 12.9. The number of rotatable bonds is 6. The lowest BCUT2D eigenvalue weighted by Gasteiger charge is -2.29. The van der Waals surface area contributed by atoms with E-state index in [1.54, 1.807) is 18.3 Å². The lowest BCUT2D eigenvalue weighted by molar-refractivity contribution is -0.141. The second-order valence-electron chi connectivity index (χ2n) is 8.50. The van der Waals surface area contributed by atoms with Crippen molar-refractivity contribution in [1.29, 1.82) is 0 Å². The van der Waals surface area contributed by atoms with Crippen molar-refractivity contribution in [3.8, 4) is 10.4 Å². The van der Waals surface area contributed by atoms with Gasteiger partial charge in [0.25, 0.3) is 0 Å². The van der Waals surface area contributed by atoms with E-state index in [1.807, 2.05) is 13.0 Å². The van der Waals surface area contributed by atoms with Crippen LogP contribution in [0.4, 0.5) is 24.8 Å². The number of halogens is 3. The highest BCUT2D eigenvalue weighted by Crippen LogP contribution is 2.40. The number of aliphatic hydroxyl groups excluding tert-OH is 1. The van der Waals surface area contributed by atoms with Gasteiger partial charge in [-0.3, -0.25) is 4.79 Å². The zero-order valence-corrected chi connectivity index (χ0v) is 19.2. The van der Waals surface area contributed by atoms with Gasteiger partial charge in [0.15, 0.2) is 0 Å². The minimum atomic E-state index is -4.56. The van der Waals surface area contributed by atoms with E-state index in [-0.39, 0.29) is 23.7 Å². The number of nitrogens with zero attached hydrogens (tertiary/aromatic N) is 3. The van der Waals surface area contributed by atoms with Gasteiger partial charge in [-0.15, -0.1) is 11.3 Å². The molecule has 1 saturated carbocycles. The fourth-order valence-electron chi connectivity index (χ4n) is 4.18. The van der Waals surface area contributed by atoms with Crippen LogP contribution in [-0.4, -0.2) is 26.0 Å². The smallest absolute Gasteiger partial charge is 0.386 e. The van der Waals surface area contributed by atoms with Crippen molar-refractivity contribution in [2.75, 3.05) is 5.32 Å². The standard InChI is InChI=1S/C23H24F3N5O2S/c1-12-8-15(10-16(9-12)30-22-28-7-6-18(31-22)23(24,25)26)17-11-29-21(34-17)19(32)13-2-4-14(5-3-13)20(27)33/h6-11,13-14,19,32H,2-5H2,1H3,(H2,27,33)(H,28,30,31)/t13-,14+,19?. The third kappa shape index (κ3) is 5.53. The molecule has 4 N–H and O–H groups in total. The number of aliphatic hydroxyl groups is 1. The number of aromatic nitrogens is 3. The molecule has 1 unspecified atom stereocenters. The molecule has 4 rings (SSSR count). The fraction of sp³-hybridized carbons (Fsp3) is 0.391. The minimum Gasteiger partial charge on any atom is -0.386 e. The molecule has 0 bridgehead atoms. The molecule has 1 aromatic carbocycles. The van der Waals surface area contributed by atoms with Gasteiger partial charge in [-0.2, -0.15) is 13.2 Å². The van der Waals surface area contributed by atoms with Crippen molar-refractivity contribution >= 4 is 28.9 Å². The number of hydrogen-bond donors (Lipinski definition) is 3. The van der Waals surface area contributed by atoms with E-state index in [9.17, 15) is 23.1 Å². The number of nitrogens with two attached hydrogens (primary N) is 1. The summed E-state index contributed by atoms with van der Waals surface area (Å²) in [6.07, 6.45) is 0.197. The van der Waals surface area contributed by atoms with Crippen LogP contribution in [0.5, 0.6) is 0 Å². The summed E-state index contributed by atoms with van der Waals surface area (Å²) in [6.45, 7) is 1.87. The summed E-state index contributed by atoms with van der Waals surface area (Å²) in [4.78, 5) is 24.0. The number of carbonyl (C=O) groups excluding carboxylic acids is 1. The Morgan fingerprint density at radius 3 is 2.62 bits per heavy atom. The van der Waals surface area contributed by atoms with Crippen LogP contribution in [-0.2, 0) is 11.0 Å². The number of benzene rings is 1. The predicted molar refractivity (Wildman–Crippen MR) is 122 cm³/mol. The molecule has 1 atom stereocenters. The third-order valence-electron chi connectivity index (χ3n) is 5.96. The number of hydrogen-bond acceptors (Lipinski definition) is 7. The maximum absolute atomic E-state index is 12.9. The zero-order valence-electron chi connectivity index (χ0n) is 18.3. The van der Waals surface area contributed by atoms with Gasteiger partial charge < -0.3 is 16.2 Å². The van der Waals surface area contributed by atoms with Gasteiger partial charge in [0, 0.05) is 24.0 Å². The molecule has 2 heterocycles. The highest BCUT2D eigenvalue weighted by atomic mass is 32.1. The number of thiazole rings is 1. The molecule has 1 aliphatic carbocycles. The van der Waals surface area contributed by atoms with E-state index in [2.05, 4.69) is 20.3 Å². The van der Waals surface area contributed by atoms with E-state index in [1.165, 1.54) is 11.3 Å². The molecule has 0 saturated heterocycles. The number of anilines is 2. The summed E-state index contributed by atoms with van der Waals surface area (Å²) in [5.41, 5.74) is 6.59. The predicted octanol–water partition coefficient (Wildman–Crippen LogP) is 5.00. The number of aryl methyl sites for hydroxylation is 1. The molecule has 1 aliphatic rings. The van der Waals surface area contributed by atoms with E-state index in [0.717, 1.165) is 28.3 Å². The number of amides is 1. The summed E-state index contributed by atoms with van der Waals surface area (Å²) in [7, 11) is 0. The first-order valence-electron chi connectivity index (χ1n) is 10.8. The van der Waals surface area contributed by atoms with E-state index in [4.69, 9.17) is 5.73 Å². The quantitative estimate of drug-likeness (QED) is 0.447. The fourth-order valence-corrected chi connectivity index (χ4v) is 5.17. The van der Waals surface area contributed by atoms with Gasteiger partial charge in [-0.05, 0) is 67.9 Å². The van der Waals surface area contributed by atoms with E-state index >= 15 is 0 Å². The Morgan fingerprint density at radius 2 is 1.94 bits per heavy atom. The van der Waals surface area contributed by atoms with E-state index < -0.39 is 18.0 Å². The van der Waals surface area contributed by atoms with Crippen LogP contribution in [0, 0.1) is 18.8 Å². The monoisotopic (exact) mass is 491 g/mol. The first-order chi connectivity index (χ1) is 16.1. The number of alkyl halides is 3. The Balaban J connectivity index is 1.50. The normalized spacial score (nSPS) is 19.6. The van der Waals surface area contributed by atoms with Gasteiger partial charge in [-0.25, -0.2) is 15.0 Å². The van der Waals surface area contributed by atoms with Crippen molar-refractivity contribution in [3.05, 3.63) is 52.9 Å². The van der Waals surface area contributed by atoms with Crippen molar-refractivity contribution in [2.45, 2.75) is 44.9 Å². The Kier molecular flexibility index (Phi) is 6.85. The second-order valence-corrected chi connectivity index (χ2v) is 9.56. The van der Waals surface area contributed by atoms with Crippen LogP contribution < -0.4 is 11.1 Å². The van der Waals surface area contributed by atoms with Crippen molar-refractivity contribution in [1.82, 2.24) is 15.0 Å². The van der Waals surface area contributed by atoms with Gasteiger partial charge in [-0.1, -0.05) is 6.07 Å². The summed E-state index contributed by atoms with van der Waals surface area (Å²) < 4.78 is 38.8. The van der Waals surface area contributed by atoms with Crippen LogP contribution in [0.3, 0.4) is 0 Å². The molecule has 1 amide bonds. The minimum absolute atomic E-state index is 0.0161. The summed E-state index contributed by atoms with van der Waals surface area (Å²) in [5, 5.41) is 14.3. The lowest BCUT2D eigenvalue weighted by atomic mass is 9.79. The summed E-state index contributed by atoms with van der Waals surface area (Å²) in [6, 6.07) is 6.30. The maximum Gasteiger partial charge on any atom is 0.433 e. The van der Waals surface area contributed by atoms with Crippen molar-refractivity contribution < 1.29 is 23.1 Å². The van der Waals surface area contributed by atoms with Gasteiger partial charge in [0.05, 0.1) is 4.88 Å². The molecule has 0 radical (unpaired) electrons. The Hall–Kier alpha value is -3.05. The Bertz CT molecular complexity index is 1180.